The largest absolute Gasteiger partial charge is 0.490 e. The molecule has 0 heterocycles. The second-order valence-electron chi connectivity index (χ2n) is 5.93. The monoisotopic (exact) mass is 355 g/mol. The van der Waals surface area contributed by atoms with Crippen molar-refractivity contribution in [2.45, 2.75) is 39.8 Å². The standard InChI is InChI=1S/C17H29N3O3S/c1-6-14(3)23-16-11-13(2)7-8-15(16)12-20-17(18-4)19-9-10-24(5,21)22/h7-8,11,14H,6,9-10,12H2,1-5H3,(H2,18,19,20). The summed E-state index contributed by atoms with van der Waals surface area (Å²) in [5.41, 5.74) is 2.18. The Labute approximate surface area is 145 Å². The lowest BCUT2D eigenvalue weighted by Gasteiger charge is -2.18. The molecule has 0 aliphatic heterocycles. The summed E-state index contributed by atoms with van der Waals surface area (Å²) in [7, 11) is -1.33. The minimum absolute atomic E-state index is 0.0700. The highest BCUT2D eigenvalue weighted by atomic mass is 32.2. The fourth-order valence-corrected chi connectivity index (χ4v) is 2.44. The van der Waals surface area contributed by atoms with E-state index in [1.807, 2.05) is 32.0 Å². The lowest BCUT2D eigenvalue weighted by Crippen LogP contribution is -2.39. The summed E-state index contributed by atoms with van der Waals surface area (Å²) >= 11 is 0. The lowest BCUT2D eigenvalue weighted by atomic mass is 10.1. The van der Waals surface area contributed by atoms with E-state index in [1.165, 1.54) is 6.26 Å². The van der Waals surface area contributed by atoms with Crippen molar-refractivity contribution in [1.82, 2.24) is 10.6 Å². The average Bonchev–Trinajstić information content (AvgIpc) is 2.50. The fraction of sp³-hybridized carbons (Fsp3) is 0.588. The molecule has 24 heavy (non-hydrogen) atoms. The molecule has 0 radical (unpaired) electrons. The van der Waals surface area contributed by atoms with Gasteiger partial charge in [0.15, 0.2) is 5.96 Å². The van der Waals surface area contributed by atoms with Crippen molar-refractivity contribution in [2.24, 2.45) is 4.99 Å². The first-order chi connectivity index (χ1) is 11.2. The van der Waals surface area contributed by atoms with Gasteiger partial charge in [-0.2, -0.15) is 0 Å². The first kappa shape index (κ1) is 20.3. The highest BCUT2D eigenvalue weighted by Crippen LogP contribution is 2.22. The molecular formula is C17H29N3O3S. The van der Waals surface area contributed by atoms with Crippen molar-refractivity contribution < 1.29 is 13.2 Å². The molecule has 7 heteroatoms. The quantitative estimate of drug-likeness (QED) is 0.550. The molecule has 1 rings (SSSR count). The molecular weight excluding hydrogens is 326 g/mol. The maximum absolute atomic E-state index is 11.2. The van der Waals surface area contributed by atoms with Crippen molar-refractivity contribution in [1.29, 1.82) is 0 Å². The topological polar surface area (TPSA) is 79.8 Å². The number of hydrogen-bond donors (Lipinski definition) is 2. The van der Waals surface area contributed by atoms with Crippen LogP contribution in [0.25, 0.3) is 0 Å². The van der Waals surface area contributed by atoms with Gasteiger partial charge < -0.3 is 15.4 Å². The summed E-state index contributed by atoms with van der Waals surface area (Å²) < 4.78 is 28.3. The number of benzene rings is 1. The van der Waals surface area contributed by atoms with Crippen molar-refractivity contribution in [3.8, 4) is 5.75 Å². The molecule has 1 aromatic rings. The van der Waals surface area contributed by atoms with Crippen LogP contribution in [0.3, 0.4) is 0 Å². The average molecular weight is 356 g/mol. The molecule has 1 aromatic carbocycles. The van der Waals surface area contributed by atoms with Gasteiger partial charge in [-0.05, 0) is 31.9 Å². The Morgan fingerprint density at radius 1 is 1.33 bits per heavy atom. The highest BCUT2D eigenvalue weighted by molar-refractivity contribution is 7.90. The van der Waals surface area contributed by atoms with Gasteiger partial charge in [0.05, 0.1) is 11.9 Å². The maximum atomic E-state index is 11.2. The Bertz CT molecular complexity index is 657. The SMILES string of the molecule is CCC(C)Oc1cc(C)ccc1CNC(=NC)NCCS(C)(=O)=O. The van der Waals surface area contributed by atoms with Gasteiger partial charge in [-0.15, -0.1) is 0 Å². The zero-order valence-corrected chi connectivity index (χ0v) is 16.0. The van der Waals surface area contributed by atoms with Crippen LogP contribution in [0.2, 0.25) is 0 Å². The molecule has 0 aromatic heterocycles. The number of guanidine groups is 1. The maximum Gasteiger partial charge on any atom is 0.191 e. The summed E-state index contributed by atoms with van der Waals surface area (Å²) in [6.45, 7) is 7.04. The molecule has 0 amide bonds. The van der Waals surface area contributed by atoms with E-state index in [0.29, 0.717) is 19.0 Å². The Morgan fingerprint density at radius 3 is 2.62 bits per heavy atom. The molecule has 2 N–H and O–H groups in total. The molecule has 0 bridgehead atoms. The summed E-state index contributed by atoms with van der Waals surface area (Å²) in [5.74, 6) is 1.50. The number of hydrogen-bond acceptors (Lipinski definition) is 4. The van der Waals surface area contributed by atoms with Crippen LogP contribution in [0.15, 0.2) is 23.2 Å². The summed E-state index contributed by atoms with van der Waals surface area (Å²) in [6.07, 6.45) is 2.31. The van der Waals surface area contributed by atoms with Crippen LogP contribution >= 0.6 is 0 Å². The zero-order chi connectivity index (χ0) is 18.2. The molecule has 0 fully saturated rings. The molecule has 0 saturated heterocycles. The van der Waals surface area contributed by atoms with Crippen LogP contribution in [0.1, 0.15) is 31.4 Å². The smallest absolute Gasteiger partial charge is 0.191 e. The number of rotatable bonds is 8. The Hall–Kier alpha value is -1.76. The number of nitrogens with zero attached hydrogens (tertiary/aromatic N) is 1. The third-order valence-corrected chi connectivity index (χ3v) is 4.51. The summed E-state index contributed by atoms with van der Waals surface area (Å²) in [6, 6.07) is 6.10. The van der Waals surface area contributed by atoms with E-state index < -0.39 is 9.84 Å². The van der Waals surface area contributed by atoms with E-state index in [0.717, 1.165) is 23.3 Å². The van der Waals surface area contributed by atoms with Gasteiger partial charge >= 0.3 is 0 Å². The number of sulfone groups is 1. The van der Waals surface area contributed by atoms with Crippen molar-refractivity contribution in [2.75, 3.05) is 25.6 Å². The highest BCUT2D eigenvalue weighted by Gasteiger charge is 2.09. The Kier molecular flexibility index (Phi) is 8.04. The van der Waals surface area contributed by atoms with Gasteiger partial charge in [0.1, 0.15) is 15.6 Å². The van der Waals surface area contributed by atoms with E-state index in [9.17, 15) is 8.42 Å². The molecule has 0 saturated carbocycles. The van der Waals surface area contributed by atoms with Gasteiger partial charge in [0.2, 0.25) is 0 Å². The number of aliphatic imine (C=N–C) groups is 1. The number of nitrogens with one attached hydrogen (secondary N) is 2. The van der Waals surface area contributed by atoms with Crippen molar-refractivity contribution >= 4 is 15.8 Å². The van der Waals surface area contributed by atoms with E-state index in [2.05, 4.69) is 22.5 Å². The van der Waals surface area contributed by atoms with E-state index in [1.54, 1.807) is 7.05 Å². The molecule has 6 nitrogen and oxygen atoms in total. The molecule has 1 unspecified atom stereocenters. The first-order valence-corrected chi connectivity index (χ1v) is 10.2. The van der Waals surface area contributed by atoms with Crippen LogP contribution in [0, 0.1) is 6.92 Å². The summed E-state index contributed by atoms with van der Waals surface area (Å²) in [5, 5.41) is 6.19. The molecule has 0 aliphatic carbocycles. The molecule has 1 atom stereocenters. The van der Waals surface area contributed by atoms with Crippen LogP contribution in [-0.4, -0.2) is 46.1 Å². The van der Waals surface area contributed by atoms with E-state index in [4.69, 9.17) is 4.74 Å². The van der Waals surface area contributed by atoms with Gasteiger partial charge in [-0.3, -0.25) is 4.99 Å². The van der Waals surface area contributed by atoms with Crippen LogP contribution < -0.4 is 15.4 Å². The number of aryl methyl sites for hydroxylation is 1. The predicted molar refractivity (Wildman–Crippen MR) is 99.5 cm³/mol. The van der Waals surface area contributed by atoms with Gasteiger partial charge in [0, 0.05) is 32.0 Å². The van der Waals surface area contributed by atoms with E-state index >= 15 is 0 Å². The van der Waals surface area contributed by atoms with Gasteiger partial charge in [-0.25, -0.2) is 8.42 Å². The second-order valence-corrected chi connectivity index (χ2v) is 8.19. The third-order valence-electron chi connectivity index (χ3n) is 3.56. The summed E-state index contributed by atoms with van der Waals surface area (Å²) in [4.78, 5) is 4.11. The van der Waals surface area contributed by atoms with Crippen LogP contribution in [0.5, 0.6) is 5.75 Å². The predicted octanol–water partition coefficient (Wildman–Crippen LogP) is 1.88. The molecule has 136 valence electrons. The minimum Gasteiger partial charge on any atom is -0.490 e. The first-order valence-electron chi connectivity index (χ1n) is 8.13. The molecule has 0 spiro atoms. The van der Waals surface area contributed by atoms with Crippen molar-refractivity contribution in [3.05, 3.63) is 29.3 Å². The van der Waals surface area contributed by atoms with Crippen LogP contribution in [0.4, 0.5) is 0 Å². The Balaban J connectivity index is 2.67. The zero-order valence-electron chi connectivity index (χ0n) is 15.2. The fourth-order valence-electron chi connectivity index (χ4n) is 1.97. The van der Waals surface area contributed by atoms with Crippen molar-refractivity contribution in [3.63, 3.8) is 0 Å². The Morgan fingerprint density at radius 2 is 2.04 bits per heavy atom. The van der Waals surface area contributed by atoms with E-state index in [-0.39, 0.29) is 11.9 Å². The van der Waals surface area contributed by atoms with Gasteiger partial charge in [-0.1, -0.05) is 19.1 Å². The van der Waals surface area contributed by atoms with Crippen LogP contribution in [-0.2, 0) is 16.4 Å². The molecule has 0 aliphatic rings. The minimum atomic E-state index is -2.99. The lowest BCUT2D eigenvalue weighted by molar-refractivity contribution is 0.215. The number of ether oxygens (including phenoxy) is 1. The second kappa shape index (κ2) is 9.52. The third kappa shape index (κ3) is 7.68. The normalized spacial score (nSPS) is 13.5. The van der Waals surface area contributed by atoms with Gasteiger partial charge in [0.25, 0.3) is 0 Å².